The van der Waals surface area contributed by atoms with Crippen molar-refractivity contribution < 1.29 is 17.9 Å². The number of hydrogen-bond donors (Lipinski definition) is 1. The van der Waals surface area contributed by atoms with Crippen LogP contribution < -0.4 is 14.4 Å². The third-order valence-electron chi connectivity index (χ3n) is 5.26. The largest absolute Gasteiger partial charge is 0.494 e. The predicted molar refractivity (Wildman–Crippen MR) is 130 cm³/mol. The minimum Gasteiger partial charge on any atom is -0.494 e. The number of nitrogens with one attached hydrogen (secondary N) is 1. The topological polar surface area (TPSA) is 75.7 Å². The van der Waals surface area contributed by atoms with Crippen molar-refractivity contribution in [3.05, 3.63) is 53.6 Å². The fourth-order valence-corrected chi connectivity index (χ4v) is 4.86. The average Bonchev–Trinajstić information content (AvgIpc) is 2.78. The molecule has 32 heavy (non-hydrogen) atoms. The molecule has 2 aromatic rings. The van der Waals surface area contributed by atoms with E-state index in [2.05, 4.69) is 19.2 Å². The zero-order valence-corrected chi connectivity index (χ0v) is 20.6. The average molecular weight is 481 g/mol. The first kappa shape index (κ1) is 26.0. The Kier molecular flexibility index (Phi) is 10.3. The molecule has 0 heterocycles. The second-order valence-corrected chi connectivity index (χ2v) is 9.91. The van der Waals surface area contributed by atoms with E-state index in [0.717, 1.165) is 30.0 Å². The fraction of sp³-hybridized carbons (Fsp3) is 0.458. The Morgan fingerprint density at radius 2 is 1.72 bits per heavy atom. The molecule has 0 saturated heterocycles. The number of carbonyl (C=O) groups is 1. The molecule has 1 N–H and O–H groups in total. The van der Waals surface area contributed by atoms with E-state index in [9.17, 15) is 13.2 Å². The number of ether oxygens (including phenoxy) is 1. The molecular formula is C24H33ClN2O4S. The number of rotatable bonds is 13. The van der Waals surface area contributed by atoms with Crippen molar-refractivity contribution in [2.45, 2.75) is 51.3 Å². The number of nitrogens with zero attached hydrogens (tertiary/aromatic N) is 1. The molecule has 0 fully saturated rings. The number of unbranched alkanes of at least 4 members (excludes halogenated alkanes) is 1. The van der Waals surface area contributed by atoms with Crippen LogP contribution in [-0.4, -0.2) is 34.0 Å². The molecule has 8 heteroatoms. The molecule has 0 spiro atoms. The van der Waals surface area contributed by atoms with E-state index in [4.69, 9.17) is 16.3 Å². The summed E-state index contributed by atoms with van der Waals surface area (Å²) in [7, 11) is -3.98. The molecule has 0 aromatic heterocycles. The van der Waals surface area contributed by atoms with Crippen LogP contribution in [0.25, 0.3) is 0 Å². The monoisotopic (exact) mass is 480 g/mol. The van der Waals surface area contributed by atoms with Crippen LogP contribution in [0.1, 0.15) is 46.5 Å². The molecule has 0 aliphatic carbocycles. The minimum absolute atomic E-state index is 0.0676. The van der Waals surface area contributed by atoms with Gasteiger partial charge < -0.3 is 10.1 Å². The molecule has 2 rings (SSSR count). The normalized spacial score (nSPS) is 12.2. The molecule has 0 bridgehead atoms. The number of halogens is 1. The van der Waals surface area contributed by atoms with Crippen molar-refractivity contribution in [1.82, 2.24) is 5.32 Å². The summed E-state index contributed by atoms with van der Waals surface area (Å²) in [6, 6.07) is 12.6. The zero-order valence-electron chi connectivity index (χ0n) is 19.0. The number of sulfonamides is 1. The summed E-state index contributed by atoms with van der Waals surface area (Å²) in [5, 5.41) is 3.35. The van der Waals surface area contributed by atoms with Gasteiger partial charge in [-0.25, -0.2) is 8.42 Å². The van der Waals surface area contributed by atoms with E-state index in [0.29, 0.717) is 35.5 Å². The number of hydrogen-bond acceptors (Lipinski definition) is 4. The Labute approximate surface area is 197 Å². The molecule has 6 nitrogen and oxygen atoms in total. The standard InChI is InChI=1S/C24H33ClN2O4S/c1-4-7-8-19(5-2)17-26-24(28)18-27(21-11-13-22(14-12-21)31-6-3)32(29,30)23-15-9-20(25)10-16-23/h9-16,19H,4-8,17-18H2,1-3H3,(H,26,28)/t19-/m0/s1. The van der Waals surface area contributed by atoms with Gasteiger partial charge in [0, 0.05) is 11.6 Å². The highest BCUT2D eigenvalue weighted by Crippen LogP contribution is 2.26. The highest BCUT2D eigenvalue weighted by molar-refractivity contribution is 7.92. The van der Waals surface area contributed by atoms with Crippen molar-refractivity contribution in [2.75, 3.05) is 24.0 Å². The van der Waals surface area contributed by atoms with Gasteiger partial charge in [-0.05, 0) is 67.8 Å². The van der Waals surface area contributed by atoms with Crippen LogP contribution in [0.3, 0.4) is 0 Å². The van der Waals surface area contributed by atoms with Gasteiger partial charge in [-0.15, -0.1) is 0 Å². The van der Waals surface area contributed by atoms with Gasteiger partial charge in [0.2, 0.25) is 5.91 Å². The molecule has 0 unspecified atom stereocenters. The van der Waals surface area contributed by atoms with Gasteiger partial charge in [-0.3, -0.25) is 9.10 Å². The Morgan fingerprint density at radius 3 is 2.28 bits per heavy atom. The summed E-state index contributed by atoms with van der Waals surface area (Å²) < 4.78 is 33.4. The lowest BCUT2D eigenvalue weighted by atomic mass is 9.99. The first-order chi connectivity index (χ1) is 15.3. The van der Waals surface area contributed by atoms with Crippen LogP contribution in [0.4, 0.5) is 5.69 Å². The van der Waals surface area contributed by atoms with Gasteiger partial charge in [0.05, 0.1) is 17.2 Å². The fourth-order valence-electron chi connectivity index (χ4n) is 3.31. The summed E-state index contributed by atoms with van der Waals surface area (Å²) in [5.74, 6) is 0.670. The van der Waals surface area contributed by atoms with Gasteiger partial charge in [-0.1, -0.05) is 44.7 Å². The molecule has 1 atom stereocenters. The minimum atomic E-state index is -3.98. The summed E-state index contributed by atoms with van der Waals surface area (Å²) >= 11 is 5.92. The highest BCUT2D eigenvalue weighted by atomic mass is 35.5. The first-order valence-electron chi connectivity index (χ1n) is 11.1. The number of amides is 1. The first-order valence-corrected chi connectivity index (χ1v) is 12.9. The summed E-state index contributed by atoms with van der Waals surface area (Å²) in [4.78, 5) is 12.8. The Hall–Kier alpha value is -2.25. The maximum absolute atomic E-state index is 13.4. The maximum atomic E-state index is 13.4. The predicted octanol–water partition coefficient (Wildman–Crippen LogP) is 5.27. The van der Waals surface area contributed by atoms with Crippen LogP contribution in [0, 0.1) is 5.92 Å². The highest BCUT2D eigenvalue weighted by Gasteiger charge is 2.27. The molecule has 0 saturated carbocycles. The van der Waals surface area contributed by atoms with Crippen molar-refractivity contribution >= 4 is 33.2 Å². The van der Waals surface area contributed by atoms with Crippen molar-refractivity contribution in [3.8, 4) is 5.75 Å². The summed E-state index contributed by atoms with van der Waals surface area (Å²) in [5.41, 5.74) is 0.386. The van der Waals surface area contributed by atoms with Gasteiger partial charge in [0.25, 0.3) is 10.0 Å². The Bertz CT molecular complexity index is 947. The third kappa shape index (κ3) is 7.41. The molecule has 0 aliphatic heterocycles. The molecule has 0 aliphatic rings. The number of anilines is 1. The van der Waals surface area contributed by atoms with Crippen LogP contribution in [-0.2, 0) is 14.8 Å². The van der Waals surface area contributed by atoms with Crippen LogP contribution in [0.5, 0.6) is 5.75 Å². The lowest BCUT2D eigenvalue weighted by molar-refractivity contribution is -0.119. The van der Waals surface area contributed by atoms with Crippen molar-refractivity contribution in [2.24, 2.45) is 5.92 Å². The van der Waals surface area contributed by atoms with Crippen LogP contribution in [0.15, 0.2) is 53.4 Å². The molecule has 176 valence electrons. The van der Waals surface area contributed by atoms with Gasteiger partial charge in [-0.2, -0.15) is 0 Å². The molecule has 1 amide bonds. The second kappa shape index (κ2) is 12.7. The van der Waals surface area contributed by atoms with Gasteiger partial charge >= 0.3 is 0 Å². The van der Waals surface area contributed by atoms with Crippen LogP contribution in [0.2, 0.25) is 5.02 Å². The lowest BCUT2D eigenvalue weighted by Crippen LogP contribution is -2.42. The lowest BCUT2D eigenvalue weighted by Gasteiger charge is -2.25. The number of carbonyl (C=O) groups excluding carboxylic acids is 1. The third-order valence-corrected chi connectivity index (χ3v) is 7.30. The SMILES string of the molecule is CCCC[C@H](CC)CNC(=O)CN(c1ccc(OCC)cc1)S(=O)(=O)c1ccc(Cl)cc1. The van der Waals surface area contributed by atoms with E-state index in [1.54, 1.807) is 24.3 Å². The van der Waals surface area contributed by atoms with Gasteiger partial charge in [0.15, 0.2) is 0 Å². The zero-order chi connectivity index (χ0) is 23.6. The van der Waals surface area contributed by atoms with Crippen LogP contribution >= 0.6 is 11.6 Å². The summed E-state index contributed by atoms with van der Waals surface area (Å²) in [6.07, 6.45) is 4.22. The van der Waals surface area contributed by atoms with E-state index >= 15 is 0 Å². The Balaban J connectivity index is 2.25. The van der Waals surface area contributed by atoms with E-state index in [-0.39, 0.29) is 17.3 Å². The second-order valence-electron chi connectivity index (χ2n) is 7.61. The van der Waals surface area contributed by atoms with E-state index < -0.39 is 10.0 Å². The Morgan fingerprint density at radius 1 is 1.06 bits per heavy atom. The van der Waals surface area contributed by atoms with E-state index in [1.807, 2.05) is 6.92 Å². The smallest absolute Gasteiger partial charge is 0.264 e. The quantitative estimate of drug-likeness (QED) is 0.424. The summed E-state index contributed by atoms with van der Waals surface area (Å²) in [6.45, 7) is 6.84. The molecule has 2 aromatic carbocycles. The molecule has 0 radical (unpaired) electrons. The van der Waals surface area contributed by atoms with E-state index in [1.165, 1.54) is 24.3 Å². The maximum Gasteiger partial charge on any atom is 0.264 e. The van der Waals surface area contributed by atoms with Gasteiger partial charge in [0.1, 0.15) is 12.3 Å². The van der Waals surface area contributed by atoms with Crippen molar-refractivity contribution in [3.63, 3.8) is 0 Å². The number of benzene rings is 2. The van der Waals surface area contributed by atoms with Crippen molar-refractivity contribution in [1.29, 1.82) is 0 Å². The molecular weight excluding hydrogens is 448 g/mol.